The Balaban J connectivity index is 1.55. The molecule has 0 radical (unpaired) electrons. The molecule has 1 aliphatic rings. The van der Waals surface area contributed by atoms with E-state index < -0.39 is 11.6 Å². The van der Waals surface area contributed by atoms with Crippen LogP contribution in [0.2, 0.25) is 0 Å². The van der Waals surface area contributed by atoms with Crippen LogP contribution in [0.5, 0.6) is 0 Å². The molecule has 1 fully saturated rings. The molecule has 3 heterocycles. The molecule has 140 valence electrons. The highest BCUT2D eigenvalue weighted by Crippen LogP contribution is 2.31. The van der Waals surface area contributed by atoms with E-state index >= 15 is 0 Å². The van der Waals surface area contributed by atoms with Gasteiger partial charge in [-0.15, -0.1) is 0 Å². The summed E-state index contributed by atoms with van der Waals surface area (Å²) < 4.78 is 27.0. The molecule has 5 nitrogen and oxygen atoms in total. The van der Waals surface area contributed by atoms with Crippen LogP contribution in [-0.4, -0.2) is 37.9 Å². The first-order valence-electron chi connectivity index (χ1n) is 9.08. The van der Waals surface area contributed by atoms with E-state index in [1.165, 1.54) is 12.1 Å². The molecule has 2 aromatic heterocycles. The molecular formula is C20H21F2N5. The van der Waals surface area contributed by atoms with Crippen molar-refractivity contribution in [2.24, 2.45) is 0 Å². The molecule has 0 saturated carbocycles. The normalized spacial score (nSPS) is 18.0. The molecular weight excluding hydrogens is 348 g/mol. The SMILES string of the molecule is Cc1cnc(-c2nccnc2C2CCCN(Cc3cc(F)cc(F)c3)C2)[nH]1. The lowest BCUT2D eigenvalue weighted by atomic mass is 9.92. The third kappa shape index (κ3) is 4.03. The highest BCUT2D eigenvalue weighted by molar-refractivity contribution is 5.53. The summed E-state index contributed by atoms with van der Waals surface area (Å²) in [5.41, 5.74) is 3.31. The second-order valence-corrected chi connectivity index (χ2v) is 7.06. The van der Waals surface area contributed by atoms with Crippen LogP contribution in [0.4, 0.5) is 8.78 Å². The quantitative estimate of drug-likeness (QED) is 0.759. The first kappa shape index (κ1) is 17.7. The fraction of sp³-hybridized carbons (Fsp3) is 0.350. The Kier molecular flexibility index (Phi) is 4.94. The number of piperidine rings is 1. The number of imidazole rings is 1. The number of hydrogen-bond acceptors (Lipinski definition) is 4. The number of aromatic nitrogens is 4. The Bertz CT molecular complexity index is 919. The summed E-state index contributed by atoms with van der Waals surface area (Å²) in [6.07, 6.45) is 7.15. The molecule has 27 heavy (non-hydrogen) atoms. The number of H-pyrrole nitrogens is 1. The average molecular weight is 369 g/mol. The Hall–Kier alpha value is -2.67. The minimum absolute atomic E-state index is 0.200. The van der Waals surface area contributed by atoms with E-state index in [1.54, 1.807) is 18.6 Å². The van der Waals surface area contributed by atoms with Gasteiger partial charge in [0.25, 0.3) is 0 Å². The molecule has 1 N–H and O–H groups in total. The summed E-state index contributed by atoms with van der Waals surface area (Å²) >= 11 is 0. The van der Waals surface area contributed by atoms with Crippen molar-refractivity contribution in [1.82, 2.24) is 24.8 Å². The summed E-state index contributed by atoms with van der Waals surface area (Å²) in [7, 11) is 0. The third-order valence-electron chi connectivity index (χ3n) is 4.87. The zero-order chi connectivity index (χ0) is 18.8. The number of aromatic amines is 1. The van der Waals surface area contributed by atoms with Crippen LogP contribution < -0.4 is 0 Å². The van der Waals surface area contributed by atoms with Gasteiger partial charge in [-0.05, 0) is 44.0 Å². The Morgan fingerprint density at radius 2 is 1.89 bits per heavy atom. The van der Waals surface area contributed by atoms with E-state index in [0.29, 0.717) is 12.1 Å². The number of hydrogen-bond donors (Lipinski definition) is 1. The first-order chi connectivity index (χ1) is 13.1. The third-order valence-corrected chi connectivity index (χ3v) is 4.87. The number of benzene rings is 1. The van der Waals surface area contributed by atoms with Gasteiger partial charge in [-0.3, -0.25) is 9.88 Å². The number of halogens is 2. The number of aryl methyl sites for hydroxylation is 1. The lowest BCUT2D eigenvalue weighted by Crippen LogP contribution is -2.34. The van der Waals surface area contributed by atoms with Crippen molar-refractivity contribution in [3.8, 4) is 11.5 Å². The summed E-state index contributed by atoms with van der Waals surface area (Å²) in [6, 6.07) is 3.69. The smallest absolute Gasteiger partial charge is 0.158 e. The van der Waals surface area contributed by atoms with Crippen molar-refractivity contribution in [2.45, 2.75) is 32.2 Å². The highest BCUT2D eigenvalue weighted by Gasteiger charge is 2.26. The predicted octanol–water partition coefficient (Wildman–Crippen LogP) is 3.83. The van der Waals surface area contributed by atoms with Crippen LogP contribution in [0, 0.1) is 18.6 Å². The zero-order valence-corrected chi connectivity index (χ0v) is 15.1. The van der Waals surface area contributed by atoms with Gasteiger partial charge in [-0.25, -0.2) is 18.7 Å². The van der Waals surface area contributed by atoms with Crippen LogP contribution in [0.25, 0.3) is 11.5 Å². The topological polar surface area (TPSA) is 57.7 Å². The van der Waals surface area contributed by atoms with E-state index in [4.69, 9.17) is 0 Å². The Morgan fingerprint density at radius 3 is 2.63 bits per heavy atom. The van der Waals surface area contributed by atoms with Gasteiger partial charge in [-0.2, -0.15) is 0 Å². The van der Waals surface area contributed by atoms with Crippen molar-refractivity contribution in [3.63, 3.8) is 0 Å². The van der Waals surface area contributed by atoms with Gasteiger partial charge in [-0.1, -0.05) is 0 Å². The predicted molar refractivity (Wildman–Crippen MR) is 98.0 cm³/mol. The molecule has 0 amide bonds. The van der Waals surface area contributed by atoms with E-state index in [2.05, 4.69) is 24.8 Å². The maximum absolute atomic E-state index is 13.5. The van der Waals surface area contributed by atoms with Crippen molar-refractivity contribution < 1.29 is 8.78 Å². The molecule has 1 aromatic carbocycles. The summed E-state index contributed by atoms with van der Waals surface area (Å²) in [5.74, 6) is -0.155. The average Bonchev–Trinajstić information content (AvgIpc) is 3.07. The molecule has 1 atom stereocenters. The van der Waals surface area contributed by atoms with Gasteiger partial charge in [0.2, 0.25) is 0 Å². The van der Waals surface area contributed by atoms with Gasteiger partial charge in [0.15, 0.2) is 5.82 Å². The molecule has 0 spiro atoms. The minimum Gasteiger partial charge on any atom is -0.341 e. The van der Waals surface area contributed by atoms with E-state index in [9.17, 15) is 8.78 Å². The number of likely N-dealkylation sites (tertiary alicyclic amines) is 1. The van der Waals surface area contributed by atoms with E-state index in [1.807, 2.05) is 6.92 Å². The summed E-state index contributed by atoms with van der Waals surface area (Å²) in [6.45, 7) is 4.13. The fourth-order valence-corrected chi connectivity index (χ4v) is 3.75. The Labute approximate surface area is 156 Å². The van der Waals surface area contributed by atoms with Gasteiger partial charge in [0.05, 0.1) is 5.69 Å². The van der Waals surface area contributed by atoms with Gasteiger partial charge in [0, 0.05) is 49.4 Å². The van der Waals surface area contributed by atoms with Crippen LogP contribution in [-0.2, 0) is 6.54 Å². The molecule has 4 rings (SSSR count). The van der Waals surface area contributed by atoms with Gasteiger partial charge >= 0.3 is 0 Å². The maximum Gasteiger partial charge on any atom is 0.158 e. The summed E-state index contributed by atoms with van der Waals surface area (Å²) in [4.78, 5) is 18.9. The lowest BCUT2D eigenvalue weighted by Gasteiger charge is -2.32. The van der Waals surface area contributed by atoms with E-state index in [-0.39, 0.29) is 5.92 Å². The van der Waals surface area contributed by atoms with Crippen LogP contribution in [0.15, 0.2) is 36.8 Å². The van der Waals surface area contributed by atoms with Gasteiger partial charge < -0.3 is 4.98 Å². The maximum atomic E-state index is 13.5. The second-order valence-electron chi connectivity index (χ2n) is 7.06. The first-order valence-corrected chi connectivity index (χ1v) is 9.08. The van der Waals surface area contributed by atoms with E-state index in [0.717, 1.165) is 54.9 Å². The molecule has 1 saturated heterocycles. The monoisotopic (exact) mass is 369 g/mol. The highest BCUT2D eigenvalue weighted by atomic mass is 19.1. The van der Waals surface area contributed by atoms with Gasteiger partial charge in [0.1, 0.15) is 17.3 Å². The molecule has 3 aromatic rings. The summed E-state index contributed by atoms with van der Waals surface area (Å²) in [5, 5.41) is 0. The number of nitrogens with one attached hydrogen (secondary N) is 1. The molecule has 0 bridgehead atoms. The van der Waals surface area contributed by atoms with Crippen molar-refractivity contribution in [2.75, 3.05) is 13.1 Å². The van der Waals surface area contributed by atoms with Crippen LogP contribution in [0.3, 0.4) is 0 Å². The number of rotatable bonds is 4. The van der Waals surface area contributed by atoms with Crippen molar-refractivity contribution in [1.29, 1.82) is 0 Å². The largest absolute Gasteiger partial charge is 0.341 e. The van der Waals surface area contributed by atoms with Crippen LogP contribution in [0.1, 0.15) is 35.7 Å². The Morgan fingerprint density at radius 1 is 1.11 bits per heavy atom. The number of nitrogens with zero attached hydrogens (tertiary/aromatic N) is 4. The second kappa shape index (κ2) is 7.52. The van der Waals surface area contributed by atoms with Crippen LogP contribution >= 0.6 is 0 Å². The molecule has 1 unspecified atom stereocenters. The van der Waals surface area contributed by atoms with Crippen molar-refractivity contribution >= 4 is 0 Å². The lowest BCUT2D eigenvalue weighted by molar-refractivity contribution is 0.198. The minimum atomic E-state index is -0.539. The molecule has 0 aliphatic carbocycles. The molecule has 7 heteroatoms. The molecule has 1 aliphatic heterocycles. The fourth-order valence-electron chi connectivity index (χ4n) is 3.75. The zero-order valence-electron chi connectivity index (χ0n) is 15.1. The van der Waals surface area contributed by atoms with Crippen molar-refractivity contribution in [3.05, 3.63) is 65.4 Å². The standard InChI is InChI=1S/C20H21F2N5/c1-13-10-25-20(26-13)19-18(23-4-5-24-19)15-3-2-6-27(12-15)11-14-7-16(21)9-17(22)8-14/h4-5,7-10,15H,2-3,6,11-12H2,1H3,(H,25,26).